The van der Waals surface area contributed by atoms with Crippen LogP contribution in [0, 0.1) is 0 Å². The second kappa shape index (κ2) is 6.51. The number of hydrogen-bond acceptors (Lipinski definition) is 8. The summed E-state index contributed by atoms with van der Waals surface area (Å²) in [5, 5.41) is -0.143. The van der Waals surface area contributed by atoms with Gasteiger partial charge in [-0.05, 0) is 24.3 Å². The van der Waals surface area contributed by atoms with Crippen LogP contribution in [0.3, 0.4) is 0 Å². The molecule has 0 saturated carbocycles. The Balaban J connectivity index is 2.61. The molecule has 0 aliphatic carbocycles. The minimum atomic E-state index is -4.80. The molecule has 2 aromatic rings. The maximum Gasteiger partial charge on any atom is 0.397 e. The molecule has 0 atom stereocenters. The fourth-order valence-electron chi connectivity index (χ4n) is 2.17. The van der Waals surface area contributed by atoms with Gasteiger partial charge in [0.25, 0.3) is 10.1 Å². The maximum atomic E-state index is 12.4. The van der Waals surface area contributed by atoms with E-state index in [1.165, 1.54) is 18.2 Å². The average molecular weight is 411 g/mol. The summed E-state index contributed by atoms with van der Waals surface area (Å²) in [6.45, 7) is -0.842. The number of benzene rings is 2. The van der Waals surface area contributed by atoms with Gasteiger partial charge in [0.05, 0.1) is 17.3 Å². The zero-order chi connectivity index (χ0) is 19.0. The van der Waals surface area contributed by atoms with E-state index in [2.05, 4.69) is 4.18 Å². The number of rotatable bonds is 6. The van der Waals surface area contributed by atoms with Crippen LogP contribution in [0.2, 0.25) is 0 Å². The summed E-state index contributed by atoms with van der Waals surface area (Å²) in [7, 11) is -13.5. The van der Waals surface area contributed by atoms with Gasteiger partial charge in [0.15, 0.2) is 9.84 Å². The van der Waals surface area contributed by atoms with Crippen molar-refractivity contribution in [2.24, 2.45) is 0 Å². The molecule has 0 amide bonds. The van der Waals surface area contributed by atoms with Crippen LogP contribution in [0.5, 0.6) is 0 Å². The van der Waals surface area contributed by atoms with Crippen LogP contribution in [0.1, 0.15) is 0 Å². The molecule has 0 aliphatic heterocycles. The van der Waals surface area contributed by atoms with Crippen molar-refractivity contribution < 1.29 is 38.5 Å². The number of nitrogen functional groups attached to an aromatic ring is 1. The zero-order valence-corrected chi connectivity index (χ0v) is 14.8. The molecule has 138 valence electrons. The minimum absolute atomic E-state index is 0.0676. The average Bonchev–Trinajstić information content (AvgIpc) is 2.42. The van der Waals surface area contributed by atoms with Crippen molar-refractivity contribution >= 4 is 46.8 Å². The molecule has 13 heteroatoms. The highest BCUT2D eigenvalue weighted by atomic mass is 32.3. The lowest BCUT2D eigenvalue weighted by Gasteiger charge is -2.11. The molecule has 0 radical (unpaired) electrons. The number of nitrogens with two attached hydrogens (primary N) is 1. The minimum Gasteiger partial charge on any atom is -0.399 e. The van der Waals surface area contributed by atoms with E-state index in [0.717, 1.165) is 12.1 Å². The van der Waals surface area contributed by atoms with Crippen molar-refractivity contribution in [3.63, 3.8) is 0 Å². The Kier molecular flexibility index (Phi) is 5.09. The Morgan fingerprint density at radius 1 is 0.880 bits per heavy atom. The molecule has 2 aromatic carbocycles. The Bertz CT molecular complexity index is 1140. The van der Waals surface area contributed by atoms with E-state index in [0.29, 0.717) is 0 Å². The van der Waals surface area contributed by atoms with Crippen LogP contribution >= 0.6 is 0 Å². The molecule has 0 unspecified atom stereocenters. The van der Waals surface area contributed by atoms with Crippen molar-refractivity contribution in [2.75, 3.05) is 18.1 Å². The molecule has 25 heavy (non-hydrogen) atoms. The molecule has 10 nitrogen and oxygen atoms in total. The van der Waals surface area contributed by atoms with Crippen LogP contribution in [0.4, 0.5) is 5.69 Å². The molecule has 0 spiro atoms. The fourth-order valence-corrected chi connectivity index (χ4v) is 4.56. The van der Waals surface area contributed by atoms with Gasteiger partial charge >= 0.3 is 10.4 Å². The summed E-state index contributed by atoms with van der Waals surface area (Å²) in [6, 6.07) is 5.63. The third kappa shape index (κ3) is 4.65. The monoisotopic (exact) mass is 411 g/mol. The summed E-state index contributed by atoms with van der Waals surface area (Å²) in [6.07, 6.45) is 0. The van der Waals surface area contributed by atoms with Crippen LogP contribution in [-0.4, -0.2) is 46.7 Å². The van der Waals surface area contributed by atoms with Gasteiger partial charge in [-0.3, -0.25) is 9.11 Å². The van der Waals surface area contributed by atoms with Gasteiger partial charge in [-0.1, -0.05) is 6.07 Å². The van der Waals surface area contributed by atoms with Gasteiger partial charge in [-0.25, -0.2) is 12.6 Å². The first-order valence-electron chi connectivity index (χ1n) is 6.45. The Morgan fingerprint density at radius 3 is 2.04 bits per heavy atom. The van der Waals surface area contributed by atoms with E-state index >= 15 is 0 Å². The topological polar surface area (TPSA) is 178 Å². The molecule has 2 rings (SSSR count). The quantitative estimate of drug-likeness (QED) is 0.441. The van der Waals surface area contributed by atoms with Gasteiger partial charge in [0.1, 0.15) is 4.90 Å². The molecule has 4 N–H and O–H groups in total. The van der Waals surface area contributed by atoms with Gasteiger partial charge in [0, 0.05) is 16.5 Å². The number of sulfone groups is 1. The highest BCUT2D eigenvalue weighted by molar-refractivity contribution is 7.91. The zero-order valence-electron chi connectivity index (χ0n) is 12.4. The Hall–Kier alpha value is -1.77. The van der Waals surface area contributed by atoms with Crippen molar-refractivity contribution in [3.8, 4) is 0 Å². The van der Waals surface area contributed by atoms with Gasteiger partial charge < -0.3 is 5.73 Å². The van der Waals surface area contributed by atoms with Crippen molar-refractivity contribution in [1.29, 1.82) is 0 Å². The second-order valence-corrected chi connectivity index (χ2v) is 9.47. The fraction of sp³-hybridized carbons (Fsp3) is 0.167. The van der Waals surface area contributed by atoms with Crippen molar-refractivity contribution in [3.05, 3.63) is 30.3 Å². The summed E-state index contributed by atoms with van der Waals surface area (Å²) in [5.74, 6) is -0.804. The number of anilines is 1. The first-order valence-corrected chi connectivity index (χ1v) is 10.9. The third-order valence-corrected chi connectivity index (χ3v) is 6.26. The van der Waals surface area contributed by atoms with Crippen molar-refractivity contribution in [1.82, 2.24) is 0 Å². The summed E-state index contributed by atoms with van der Waals surface area (Å²) < 4.78 is 90.4. The third-order valence-electron chi connectivity index (χ3n) is 3.16. The predicted molar refractivity (Wildman–Crippen MR) is 87.7 cm³/mol. The van der Waals surface area contributed by atoms with Crippen LogP contribution in [0.25, 0.3) is 10.8 Å². The second-order valence-electron chi connectivity index (χ2n) is 4.91. The first kappa shape index (κ1) is 19.6. The lowest BCUT2D eigenvalue weighted by Crippen LogP contribution is -2.16. The predicted octanol–water partition coefficient (Wildman–Crippen LogP) is 0.262. The molecule has 0 aliphatic rings. The highest BCUT2D eigenvalue weighted by Gasteiger charge is 2.23. The smallest absolute Gasteiger partial charge is 0.397 e. The molecule has 0 bridgehead atoms. The van der Waals surface area contributed by atoms with Gasteiger partial charge in [-0.15, -0.1) is 0 Å². The van der Waals surface area contributed by atoms with E-state index in [-0.39, 0.29) is 21.4 Å². The van der Waals surface area contributed by atoms with Crippen LogP contribution in [0.15, 0.2) is 40.1 Å². The van der Waals surface area contributed by atoms with E-state index in [9.17, 15) is 29.8 Å². The van der Waals surface area contributed by atoms with Gasteiger partial charge in [-0.2, -0.15) is 16.8 Å². The van der Waals surface area contributed by atoms with E-state index in [4.69, 9.17) is 10.3 Å². The van der Waals surface area contributed by atoms with Crippen LogP contribution < -0.4 is 5.73 Å². The molecule has 0 saturated heterocycles. The summed E-state index contributed by atoms with van der Waals surface area (Å²) in [5.41, 5.74) is 5.75. The number of hydrogen-bond donors (Lipinski definition) is 3. The maximum absolute atomic E-state index is 12.4. The Morgan fingerprint density at radius 2 is 1.48 bits per heavy atom. The lowest BCUT2D eigenvalue weighted by molar-refractivity contribution is 0.284. The van der Waals surface area contributed by atoms with E-state index in [1.807, 2.05) is 0 Å². The molecule has 0 aromatic heterocycles. The first-order chi connectivity index (χ1) is 11.3. The molecular formula is C12H13NO9S3. The SMILES string of the molecule is Nc1ccc2c(S(=O)(=O)O)ccc(S(=O)(=O)CCOS(=O)(=O)O)c2c1. The lowest BCUT2D eigenvalue weighted by atomic mass is 10.1. The van der Waals surface area contributed by atoms with E-state index < -0.39 is 47.6 Å². The molecule has 0 fully saturated rings. The largest absolute Gasteiger partial charge is 0.399 e. The van der Waals surface area contributed by atoms with Crippen LogP contribution in [-0.2, 0) is 34.5 Å². The molecular weight excluding hydrogens is 398 g/mol. The molecule has 0 heterocycles. The Labute approximate surface area is 143 Å². The standard InChI is InChI=1S/C12H13NO9S3/c13-8-1-2-9-10(7-8)11(3-4-12(9)24(16,17)18)23(14,15)6-5-22-25(19,20)21/h1-4,7H,5-6,13H2,(H,16,17,18)(H,19,20,21). The normalized spacial score (nSPS) is 13.2. The van der Waals surface area contributed by atoms with Gasteiger partial charge in [0.2, 0.25) is 0 Å². The highest BCUT2D eigenvalue weighted by Crippen LogP contribution is 2.31. The number of fused-ring (bicyclic) bond motifs is 1. The van der Waals surface area contributed by atoms with E-state index in [1.54, 1.807) is 0 Å². The summed E-state index contributed by atoms with van der Waals surface area (Å²) >= 11 is 0. The van der Waals surface area contributed by atoms with Crippen molar-refractivity contribution in [2.45, 2.75) is 9.79 Å². The summed E-state index contributed by atoms with van der Waals surface area (Å²) in [4.78, 5) is -0.836.